The van der Waals surface area contributed by atoms with Crippen LogP contribution in [0.2, 0.25) is 0 Å². The Morgan fingerprint density at radius 2 is 2.13 bits per heavy atom. The molecule has 1 unspecified atom stereocenters. The van der Waals surface area contributed by atoms with Gasteiger partial charge in [0, 0.05) is 33.3 Å². The molecule has 128 valence electrons. The lowest BCUT2D eigenvalue weighted by Crippen LogP contribution is -2.41. The van der Waals surface area contributed by atoms with E-state index in [-0.39, 0.29) is 0 Å². The Hall–Kier alpha value is -1.55. The molecule has 1 atom stereocenters. The standard InChI is InChI=1S/C19H31N3O/c1-3-4-13-23-14-11-21-19(20-2)22-12-10-18(16-22)15-17-8-6-5-7-9-17/h5-9,18H,3-4,10-16H2,1-2H3,(H,20,21). The molecular formula is C19H31N3O. The highest BCUT2D eigenvalue weighted by molar-refractivity contribution is 5.80. The van der Waals surface area contributed by atoms with Gasteiger partial charge in [-0.1, -0.05) is 43.7 Å². The van der Waals surface area contributed by atoms with Gasteiger partial charge in [0.15, 0.2) is 5.96 Å². The first-order valence-electron chi connectivity index (χ1n) is 8.90. The molecule has 1 aliphatic rings. The Bertz CT molecular complexity index is 461. The lowest BCUT2D eigenvalue weighted by Gasteiger charge is -2.21. The fourth-order valence-electron chi connectivity index (χ4n) is 3.05. The van der Waals surface area contributed by atoms with Crippen molar-refractivity contribution in [1.29, 1.82) is 0 Å². The van der Waals surface area contributed by atoms with E-state index in [2.05, 4.69) is 52.5 Å². The quantitative estimate of drug-likeness (QED) is 0.455. The highest BCUT2D eigenvalue weighted by Crippen LogP contribution is 2.20. The average Bonchev–Trinajstić information content (AvgIpc) is 3.03. The Morgan fingerprint density at radius 1 is 1.30 bits per heavy atom. The third-order valence-corrected chi connectivity index (χ3v) is 4.34. The fraction of sp³-hybridized carbons (Fsp3) is 0.632. The summed E-state index contributed by atoms with van der Waals surface area (Å²) in [5, 5.41) is 3.42. The lowest BCUT2D eigenvalue weighted by molar-refractivity contribution is 0.135. The molecule has 0 saturated carbocycles. The van der Waals surface area contributed by atoms with Crippen LogP contribution >= 0.6 is 0 Å². The first-order chi connectivity index (χ1) is 11.3. The predicted octanol–water partition coefficient (Wildman–Crippen LogP) is 2.94. The van der Waals surface area contributed by atoms with Gasteiger partial charge < -0.3 is 15.0 Å². The van der Waals surface area contributed by atoms with E-state index >= 15 is 0 Å². The zero-order chi connectivity index (χ0) is 16.3. The lowest BCUT2D eigenvalue weighted by atomic mass is 9.99. The minimum Gasteiger partial charge on any atom is -0.380 e. The minimum atomic E-state index is 0.719. The number of aliphatic imine (C=N–C) groups is 1. The van der Waals surface area contributed by atoms with Gasteiger partial charge in [-0.2, -0.15) is 0 Å². The first-order valence-corrected chi connectivity index (χ1v) is 8.90. The van der Waals surface area contributed by atoms with Gasteiger partial charge in [0.1, 0.15) is 0 Å². The third-order valence-electron chi connectivity index (χ3n) is 4.34. The van der Waals surface area contributed by atoms with Crippen molar-refractivity contribution in [3.05, 3.63) is 35.9 Å². The molecule has 1 aromatic rings. The van der Waals surface area contributed by atoms with Gasteiger partial charge in [0.05, 0.1) is 6.61 Å². The van der Waals surface area contributed by atoms with Crippen molar-refractivity contribution in [3.63, 3.8) is 0 Å². The number of likely N-dealkylation sites (tertiary alicyclic amines) is 1. The molecule has 0 aliphatic carbocycles. The van der Waals surface area contributed by atoms with Crippen molar-refractivity contribution in [2.45, 2.75) is 32.6 Å². The van der Waals surface area contributed by atoms with Crippen LogP contribution in [0.4, 0.5) is 0 Å². The molecule has 0 amide bonds. The summed E-state index contributed by atoms with van der Waals surface area (Å²) in [4.78, 5) is 6.80. The molecule has 4 nitrogen and oxygen atoms in total. The van der Waals surface area contributed by atoms with Crippen molar-refractivity contribution >= 4 is 5.96 Å². The number of benzene rings is 1. The van der Waals surface area contributed by atoms with Crippen LogP contribution in [0.3, 0.4) is 0 Å². The highest BCUT2D eigenvalue weighted by Gasteiger charge is 2.24. The van der Waals surface area contributed by atoms with E-state index in [1.54, 1.807) is 0 Å². The van der Waals surface area contributed by atoms with Crippen LogP contribution in [-0.2, 0) is 11.2 Å². The molecule has 1 aromatic carbocycles. The molecule has 0 spiro atoms. The van der Waals surface area contributed by atoms with Crippen LogP contribution in [0.15, 0.2) is 35.3 Å². The summed E-state index contributed by atoms with van der Waals surface area (Å²) >= 11 is 0. The molecule has 4 heteroatoms. The summed E-state index contributed by atoms with van der Waals surface area (Å²) < 4.78 is 5.60. The summed E-state index contributed by atoms with van der Waals surface area (Å²) in [6.07, 6.45) is 4.73. The monoisotopic (exact) mass is 317 g/mol. The second-order valence-corrected chi connectivity index (χ2v) is 6.23. The Labute approximate surface area is 140 Å². The molecule has 0 radical (unpaired) electrons. The molecule has 2 rings (SSSR count). The molecule has 0 aromatic heterocycles. The zero-order valence-electron chi connectivity index (χ0n) is 14.6. The number of hydrogen-bond acceptors (Lipinski definition) is 2. The van der Waals surface area contributed by atoms with Crippen LogP contribution < -0.4 is 5.32 Å². The Morgan fingerprint density at radius 3 is 2.87 bits per heavy atom. The van der Waals surface area contributed by atoms with Gasteiger partial charge in [-0.3, -0.25) is 4.99 Å². The van der Waals surface area contributed by atoms with Crippen molar-refractivity contribution < 1.29 is 4.74 Å². The van der Waals surface area contributed by atoms with Crippen LogP contribution in [0, 0.1) is 5.92 Å². The molecule has 1 N–H and O–H groups in total. The van der Waals surface area contributed by atoms with E-state index in [1.807, 2.05) is 7.05 Å². The van der Waals surface area contributed by atoms with Crippen LogP contribution in [0.5, 0.6) is 0 Å². The highest BCUT2D eigenvalue weighted by atomic mass is 16.5. The molecule has 0 bridgehead atoms. The van der Waals surface area contributed by atoms with E-state index in [0.717, 1.165) is 57.6 Å². The smallest absolute Gasteiger partial charge is 0.193 e. The number of guanidine groups is 1. The van der Waals surface area contributed by atoms with Crippen LogP contribution in [0.1, 0.15) is 31.7 Å². The van der Waals surface area contributed by atoms with Crippen LogP contribution in [-0.4, -0.2) is 50.8 Å². The summed E-state index contributed by atoms with van der Waals surface area (Å²) in [5.41, 5.74) is 1.44. The van der Waals surface area contributed by atoms with Gasteiger partial charge >= 0.3 is 0 Å². The summed E-state index contributed by atoms with van der Waals surface area (Å²) in [6.45, 7) is 6.80. The van der Waals surface area contributed by atoms with Gasteiger partial charge in [-0.25, -0.2) is 0 Å². The summed E-state index contributed by atoms with van der Waals surface area (Å²) in [7, 11) is 1.87. The number of nitrogens with one attached hydrogen (secondary N) is 1. The molecule has 23 heavy (non-hydrogen) atoms. The summed E-state index contributed by atoms with van der Waals surface area (Å²) in [5.74, 6) is 1.73. The maximum absolute atomic E-state index is 5.60. The van der Waals surface area contributed by atoms with Crippen LogP contribution in [0.25, 0.3) is 0 Å². The van der Waals surface area contributed by atoms with E-state index in [0.29, 0.717) is 0 Å². The normalized spacial score (nSPS) is 18.4. The number of rotatable bonds is 8. The number of hydrogen-bond donors (Lipinski definition) is 1. The zero-order valence-corrected chi connectivity index (χ0v) is 14.6. The van der Waals surface area contributed by atoms with E-state index < -0.39 is 0 Å². The van der Waals surface area contributed by atoms with E-state index in [9.17, 15) is 0 Å². The fourth-order valence-corrected chi connectivity index (χ4v) is 3.05. The van der Waals surface area contributed by atoms with Gasteiger partial charge in [0.25, 0.3) is 0 Å². The van der Waals surface area contributed by atoms with Gasteiger partial charge in [0.2, 0.25) is 0 Å². The Balaban J connectivity index is 1.69. The van der Waals surface area contributed by atoms with Crippen molar-refractivity contribution in [3.8, 4) is 0 Å². The molecule has 1 saturated heterocycles. The average molecular weight is 317 g/mol. The van der Waals surface area contributed by atoms with Gasteiger partial charge in [-0.05, 0) is 30.7 Å². The van der Waals surface area contributed by atoms with E-state index in [4.69, 9.17) is 4.74 Å². The SMILES string of the molecule is CCCCOCCNC(=NC)N1CCC(Cc2ccccc2)C1. The molecule has 1 heterocycles. The molecule has 1 aliphatic heterocycles. The second-order valence-electron chi connectivity index (χ2n) is 6.23. The maximum atomic E-state index is 5.60. The first kappa shape index (κ1) is 17.8. The molecule has 1 fully saturated rings. The topological polar surface area (TPSA) is 36.9 Å². The maximum Gasteiger partial charge on any atom is 0.193 e. The van der Waals surface area contributed by atoms with Crippen molar-refractivity contribution in [2.75, 3.05) is 39.9 Å². The summed E-state index contributed by atoms with van der Waals surface area (Å²) in [6, 6.07) is 10.8. The van der Waals surface area contributed by atoms with Crippen molar-refractivity contribution in [2.24, 2.45) is 10.9 Å². The van der Waals surface area contributed by atoms with Crippen molar-refractivity contribution in [1.82, 2.24) is 10.2 Å². The minimum absolute atomic E-state index is 0.719. The third kappa shape index (κ3) is 6.22. The van der Waals surface area contributed by atoms with Gasteiger partial charge in [-0.15, -0.1) is 0 Å². The van der Waals surface area contributed by atoms with E-state index in [1.165, 1.54) is 18.4 Å². The number of unbranched alkanes of at least 4 members (excludes halogenated alkanes) is 1. The number of ether oxygens (including phenoxy) is 1. The molecular weight excluding hydrogens is 286 g/mol. The second kappa shape index (κ2) is 10.3. The Kier molecular flexibility index (Phi) is 7.95. The predicted molar refractivity (Wildman–Crippen MR) is 96.9 cm³/mol. The largest absolute Gasteiger partial charge is 0.380 e. The number of nitrogens with zero attached hydrogens (tertiary/aromatic N) is 2.